The molecule has 0 aliphatic rings. The molecule has 3 heteroatoms. The second-order valence-electron chi connectivity index (χ2n) is 12.4. The van der Waals surface area contributed by atoms with Gasteiger partial charge in [-0.2, -0.15) is 0 Å². The summed E-state index contributed by atoms with van der Waals surface area (Å²) in [7, 11) is 0. The number of hydrogen-bond donors (Lipinski definition) is 0. The largest absolute Gasteiger partial charge is 0.248 e. The van der Waals surface area contributed by atoms with E-state index in [1.807, 2.05) is 18.2 Å². The van der Waals surface area contributed by atoms with Gasteiger partial charge in [0.15, 0.2) is 5.82 Å². The molecule has 7 aromatic carbocycles. The first kappa shape index (κ1) is 29.4. The van der Waals surface area contributed by atoms with Gasteiger partial charge in [-0.15, -0.1) is 0 Å². The van der Waals surface area contributed by atoms with E-state index in [4.69, 9.17) is 15.0 Å². The number of aromatic nitrogens is 3. The monoisotopic (exact) mass is 637 g/mol. The Labute approximate surface area is 291 Å². The Balaban J connectivity index is 1.29. The molecule has 0 aliphatic carbocycles. The molecule has 9 rings (SSSR count). The first-order chi connectivity index (χ1) is 24.8. The minimum Gasteiger partial charge on any atom is -0.248 e. The Morgan fingerprint density at radius 3 is 1.28 bits per heavy atom. The molecule has 0 unspecified atom stereocenters. The maximum absolute atomic E-state index is 5.31. The van der Waals surface area contributed by atoms with E-state index in [9.17, 15) is 0 Å². The minimum absolute atomic E-state index is 0.666. The van der Waals surface area contributed by atoms with Crippen LogP contribution in [-0.2, 0) is 0 Å². The smallest absolute Gasteiger partial charge is 0.161 e. The molecule has 0 amide bonds. The molecule has 0 bridgehead atoms. The summed E-state index contributed by atoms with van der Waals surface area (Å²) in [5.41, 5.74) is 12.3. The average Bonchev–Trinajstić information content (AvgIpc) is 3.21. The van der Waals surface area contributed by atoms with Gasteiger partial charge in [-0.25, -0.2) is 15.0 Å². The predicted octanol–water partition coefficient (Wildman–Crippen LogP) is 12.2. The second-order valence-corrected chi connectivity index (χ2v) is 12.4. The zero-order chi connectivity index (χ0) is 33.3. The van der Waals surface area contributed by atoms with Gasteiger partial charge in [-0.1, -0.05) is 170 Å². The number of rotatable bonds is 6. The van der Waals surface area contributed by atoms with Crippen molar-refractivity contribution in [1.82, 2.24) is 15.0 Å². The lowest BCUT2D eigenvalue weighted by atomic mass is 9.92. The van der Waals surface area contributed by atoms with Gasteiger partial charge in [0.1, 0.15) is 0 Å². The van der Waals surface area contributed by atoms with E-state index >= 15 is 0 Å². The van der Waals surface area contributed by atoms with Crippen LogP contribution in [0.25, 0.3) is 89.1 Å². The van der Waals surface area contributed by atoms with Crippen molar-refractivity contribution >= 4 is 21.7 Å². The summed E-state index contributed by atoms with van der Waals surface area (Å²) in [5.74, 6) is 0.666. The summed E-state index contributed by atoms with van der Waals surface area (Å²) < 4.78 is 0. The predicted molar refractivity (Wildman–Crippen MR) is 207 cm³/mol. The highest BCUT2D eigenvalue weighted by molar-refractivity contribution is 6.18. The Kier molecular flexibility index (Phi) is 7.49. The summed E-state index contributed by atoms with van der Waals surface area (Å²) >= 11 is 0. The van der Waals surface area contributed by atoms with Crippen LogP contribution in [0.5, 0.6) is 0 Å². The number of fused-ring (bicyclic) bond motifs is 3. The molecule has 0 spiro atoms. The highest BCUT2D eigenvalue weighted by atomic mass is 14.9. The Morgan fingerprint density at radius 1 is 0.280 bits per heavy atom. The van der Waals surface area contributed by atoms with Crippen molar-refractivity contribution in [1.29, 1.82) is 0 Å². The first-order valence-electron chi connectivity index (χ1n) is 16.9. The molecule has 234 valence electrons. The van der Waals surface area contributed by atoms with Crippen molar-refractivity contribution in [3.63, 3.8) is 0 Å². The number of nitrogens with zero attached hydrogens (tertiary/aromatic N) is 3. The molecule has 0 saturated carbocycles. The topological polar surface area (TPSA) is 38.7 Å². The summed E-state index contributed by atoms with van der Waals surface area (Å²) in [6, 6.07) is 65.5. The molecule has 2 heterocycles. The van der Waals surface area contributed by atoms with Crippen LogP contribution in [0.4, 0.5) is 0 Å². The average molecular weight is 638 g/mol. The van der Waals surface area contributed by atoms with Gasteiger partial charge in [0.25, 0.3) is 0 Å². The van der Waals surface area contributed by atoms with Crippen molar-refractivity contribution in [3.8, 4) is 67.4 Å². The SMILES string of the molecule is c1ccc(-c2ccc(-c3cc(-c4ccccc4)nc(-c4cc5nc(-c6ccccc6)cc(-c6ccccc6)c5c5ccccc45)n3)cc2)cc1. The van der Waals surface area contributed by atoms with E-state index in [0.29, 0.717) is 5.82 Å². The van der Waals surface area contributed by atoms with E-state index in [2.05, 4.69) is 170 Å². The summed E-state index contributed by atoms with van der Waals surface area (Å²) in [5, 5.41) is 3.32. The van der Waals surface area contributed by atoms with Crippen LogP contribution in [-0.4, -0.2) is 15.0 Å². The van der Waals surface area contributed by atoms with E-state index < -0.39 is 0 Å². The molecule has 0 N–H and O–H groups in total. The van der Waals surface area contributed by atoms with Crippen molar-refractivity contribution in [2.45, 2.75) is 0 Å². The fourth-order valence-corrected chi connectivity index (χ4v) is 6.83. The lowest BCUT2D eigenvalue weighted by Crippen LogP contribution is -1.98. The highest BCUT2D eigenvalue weighted by Crippen LogP contribution is 2.41. The quantitative estimate of drug-likeness (QED) is 0.170. The molecular weight excluding hydrogens is 607 g/mol. The Morgan fingerprint density at radius 2 is 0.700 bits per heavy atom. The van der Waals surface area contributed by atoms with Gasteiger partial charge in [-0.3, -0.25) is 0 Å². The maximum atomic E-state index is 5.31. The molecule has 2 aromatic heterocycles. The van der Waals surface area contributed by atoms with Crippen LogP contribution >= 0.6 is 0 Å². The third-order valence-corrected chi connectivity index (χ3v) is 9.29. The van der Waals surface area contributed by atoms with Crippen LogP contribution in [0, 0.1) is 0 Å². The summed E-state index contributed by atoms with van der Waals surface area (Å²) in [4.78, 5) is 15.8. The Bertz CT molecular complexity index is 2600. The third-order valence-electron chi connectivity index (χ3n) is 9.29. The van der Waals surface area contributed by atoms with Gasteiger partial charge < -0.3 is 0 Å². The number of benzene rings is 7. The molecular formula is C47H31N3. The van der Waals surface area contributed by atoms with Crippen molar-refractivity contribution in [2.24, 2.45) is 0 Å². The van der Waals surface area contributed by atoms with Crippen LogP contribution in [0.3, 0.4) is 0 Å². The minimum atomic E-state index is 0.666. The van der Waals surface area contributed by atoms with Gasteiger partial charge >= 0.3 is 0 Å². The van der Waals surface area contributed by atoms with E-state index in [0.717, 1.165) is 72.1 Å². The van der Waals surface area contributed by atoms with Gasteiger partial charge in [0.2, 0.25) is 0 Å². The molecule has 0 aliphatic heterocycles. The fraction of sp³-hybridized carbons (Fsp3) is 0. The van der Waals surface area contributed by atoms with Gasteiger partial charge in [0, 0.05) is 27.6 Å². The van der Waals surface area contributed by atoms with Gasteiger partial charge in [-0.05, 0) is 51.2 Å². The second kappa shape index (κ2) is 12.7. The van der Waals surface area contributed by atoms with E-state index in [1.54, 1.807) is 0 Å². The molecule has 0 atom stereocenters. The normalized spacial score (nSPS) is 11.2. The van der Waals surface area contributed by atoms with Crippen molar-refractivity contribution in [2.75, 3.05) is 0 Å². The maximum Gasteiger partial charge on any atom is 0.161 e. The zero-order valence-corrected chi connectivity index (χ0v) is 27.2. The van der Waals surface area contributed by atoms with Gasteiger partial charge in [0.05, 0.1) is 22.6 Å². The number of hydrogen-bond acceptors (Lipinski definition) is 3. The molecule has 50 heavy (non-hydrogen) atoms. The third kappa shape index (κ3) is 5.51. The lowest BCUT2D eigenvalue weighted by molar-refractivity contribution is 1.19. The van der Waals surface area contributed by atoms with Crippen LogP contribution in [0.1, 0.15) is 0 Å². The fourth-order valence-electron chi connectivity index (χ4n) is 6.83. The first-order valence-corrected chi connectivity index (χ1v) is 16.9. The lowest BCUT2D eigenvalue weighted by Gasteiger charge is -2.16. The zero-order valence-electron chi connectivity index (χ0n) is 27.2. The molecule has 0 radical (unpaired) electrons. The van der Waals surface area contributed by atoms with Crippen LogP contribution in [0.15, 0.2) is 188 Å². The number of pyridine rings is 1. The van der Waals surface area contributed by atoms with Crippen molar-refractivity contribution < 1.29 is 0 Å². The Hall–Kier alpha value is -6.71. The van der Waals surface area contributed by atoms with Crippen LogP contribution < -0.4 is 0 Å². The molecule has 0 saturated heterocycles. The summed E-state index contributed by atoms with van der Waals surface area (Å²) in [6.07, 6.45) is 0. The highest BCUT2D eigenvalue weighted by Gasteiger charge is 2.19. The van der Waals surface area contributed by atoms with Crippen molar-refractivity contribution in [3.05, 3.63) is 188 Å². The van der Waals surface area contributed by atoms with E-state index in [-0.39, 0.29) is 0 Å². The standard InChI is InChI=1S/C47H31N3/c1-5-15-32(16-6-1)33-25-27-37(28-26-33)44-31-43(36-21-11-4-12-22-36)49-47(50-44)41-30-45-46(39-24-14-13-23-38(39)41)40(34-17-7-2-8-18-34)29-42(48-45)35-19-9-3-10-20-35/h1-31H. The summed E-state index contributed by atoms with van der Waals surface area (Å²) in [6.45, 7) is 0. The molecule has 9 aromatic rings. The van der Waals surface area contributed by atoms with E-state index in [1.165, 1.54) is 11.1 Å². The molecule has 0 fully saturated rings. The van der Waals surface area contributed by atoms with Crippen LogP contribution in [0.2, 0.25) is 0 Å². The molecule has 3 nitrogen and oxygen atoms in total.